The minimum atomic E-state index is -0.104. The molecule has 0 saturated carbocycles. The molecule has 0 aliphatic rings. The number of fused-ring (bicyclic) bond motifs is 3. The molecule has 3 heterocycles. The lowest BCUT2D eigenvalue weighted by Crippen LogP contribution is -2.10. The summed E-state index contributed by atoms with van der Waals surface area (Å²) in [5, 5.41) is 0.868. The number of thiophene rings is 1. The molecule has 4 aromatic rings. The molecular formula is C21H22N4O2S. The maximum Gasteiger partial charge on any atom is 0.268 e. The molecular weight excluding hydrogens is 372 g/mol. The van der Waals surface area contributed by atoms with Crippen LogP contribution in [0.3, 0.4) is 0 Å². The summed E-state index contributed by atoms with van der Waals surface area (Å²) in [5.74, 6) is 2.17. The SMILES string of the molecule is CCCc1nc2c(sc3nc(-c4ccc(OC(C)C)cc4)nc(C)c32)c(=O)[nH]1. The van der Waals surface area contributed by atoms with Gasteiger partial charge in [0.15, 0.2) is 5.82 Å². The third-order valence-electron chi connectivity index (χ3n) is 4.39. The highest BCUT2D eigenvalue weighted by atomic mass is 32.1. The summed E-state index contributed by atoms with van der Waals surface area (Å²) in [6.45, 7) is 8.00. The van der Waals surface area contributed by atoms with E-state index in [0.717, 1.165) is 40.1 Å². The molecule has 7 heteroatoms. The van der Waals surface area contributed by atoms with Crippen molar-refractivity contribution in [2.75, 3.05) is 0 Å². The van der Waals surface area contributed by atoms with Gasteiger partial charge in [0, 0.05) is 12.0 Å². The first-order valence-electron chi connectivity index (χ1n) is 9.43. The van der Waals surface area contributed by atoms with E-state index in [0.29, 0.717) is 21.9 Å². The molecule has 28 heavy (non-hydrogen) atoms. The van der Waals surface area contributed by atoms with Crippen molar-refractivity contribution in [1.29, 1.82) is 0 Å². The van der Waals surface area contributed by atoms with Gasteiger partial charge in [-0.1, -0.05) is 6.92 Å². The van der Waals surface area contributed by atoms with Crippen molar-refractivity contribution < 1.29 is 4.74 Å². The maximum absolute atomic E-state index is 12.5. The predicted octanol–water partition coefficient (Wildman–Crippen LogP) is 4.64. The van der Waals surface area contributed by atoms with Crippen LogP contribution in [0.5, 0.6) is 5.75 Å². The molecule has 0 spiro atoms. The molecule has 1 aromatic carbocycles. The number of aryl methyl sites for hydroxylation is 2. The van der Waals surface area contributed by atoms with Gasteiger partial charge in [-0.15, -0.1) is 11.3 Å². The van der Waals surface area contributed by atoms with Crippen LogP contribution in [0.15, 0.2) is 29.1 Å². The Balaban J connectivity index is 1.83. The summed E-state index contributed by atoms with van der Waals surface area (Å²) in [6, 6.07) is 7.75. The highest BCUT2D eigenvalue weighted by molar-refractivity contribution is 7.25. The van der Waals surface area contributed by atoms with E-state index in [1.807, 2.05) is 45.0 Å². The van der Waals surface area contributed by atoms with Crippen molar-refractivity contribution in [3.8, 4) is 17.1 Å². The number of aromatic amines is 1. The zero-order valence-electron chi connectivity index (χ0n) is 16.4. The highest BCUT2D eigenvalue weighted by Gasteiger charge is 2.17. The third kappa shape index (κ3) is 3.38. The van der Waals surface area contributed by atoms with Crippen molar-refractivity contribution in [3.63, 3.8) is 0 Å². The number of hydrogen-bond donors (Lipinski definition) is 1. The number of H-pyrrole nitrogens is 1. The van der Waals surface area contributed by atoms with Crippen LogP contribution < -0.4 is 10.3 Å². The second kappa shape index (κ2) is 7.31. The molecule has 0 aliphatic carbocycles. The number of ether oxygens (including phenoxy) is 1. The van der Waals surface area contributed by atoms with Gasteiger partial charge < -0.3 is 9.72 Å². The van der Waals surface area contributed by atoms with E-state index in [-0.39, 0.29) is 11.7 Å². The fourth-order valence-electron chi connectivity index (χ4n) is 3.20. The standard InChI is InChI=1S/C21H22N4O2S/c1-5-6-15-23-17-16-12(4)22-19(25-21(16)28-18(17)20(26)24-15)13-7-9-14(10-8-13)27-11(2)3/h7-11H,5-6H2,1-4H3,(H,23,24,26). The van der Waals surface area contributed by atoms with Crippen molar-refractivity contribution >= 4 is 31.8 Å². The van der Waals surface area contributed by atoms with Gasteiger partial charge in [-0.05, 0) is 51.5 Å². The molecule has 1 N–H and O–H groups in total. The van der Waals surface area contributed by atoms with E-state index in [4.69, 9.17) is 14.7 Å². The third-order valence-corrected chi connectivity index (χ3v) is 5.46. The van der Waals surface area contributed by atoms with Gasteiger partial charge in [-0.25, -0.2) is 15.0 Å². The first-order chi connectivity index (χ1) is 13.5. The Kier molecular flexibility index (Phi) is 4.85. The lowest BCUT2D eigenvalue weighted by molar-refractivity contribution is 0.242. The average Bonchev–Trinajstić information content (AvgIpc) is 3.02. The van der Waals surface area contributed by atoms with Gasteiger partial charge in [0.1, 0.15) is 26.6 Å². The monoisotopic (exact) mass is 394 g/mol. The molecule has 0 radical (unpaired) electrons. The van der Waals surface area contributed by atoms with E-state index in [2.05, 4.69) is 16.9 Å². The van der Waals surface area contributed by atoms with E-state index < -0.39 is 0 Å². The van der Waals surface area contributed by atoms with Crippen LogP contribution in [0.25, 0.3) is 31.8 Å². The number of nitrogens with zero attached hydrogens (tertiary/aromatic N) is 3. The largest absolute Gasteiger partial charge is 0.491 e. The molecule has 0 saturated heterocycles. The number of aromatic nitrogens is 4. The summed E-state index contributed by atoms with van der Waals surface area (Å²) in [4.78, 5) is 30.2. The summed E-state index contributed by atoms with van der Waals surface area (Å²) >= 11 is 1.37. The van der Waals surface area contributed by atoms with Crippen LogP contribution >= 0.6 is 11.3 Å². The average molecular weight is 395 g/mol. The van der Waals surface area contributed by atoms with E-state index in [1.165, 1.54) is 11.3 Å². The molecule has 0 amide bonds. The molecule has 0 aliphatic heterocycles. The lowest BCUT2D eigenvalue weighted by atomic mass is 10.2. The Bertz CT molecular complexity index is 1210. The van der Waals surface area contributed by atoms with Gasteiger partial charge in [-0.2, -0.15) is 0 Å². The van der Waals surface area contributed by atoms with Crippen LogP contribution in [-0.2, 0) is 6.42 Å². The summed E-state index contributed by atoms with van der Waals surface area (Å²) in [6.07, 6.45) is 1.79. The quantitative estimate of drug-likeness (QED) is 0.533. The molecule has 3 aromatic heterocycles. The van der Waals surface area contributed by atoms with Gasteiger partial charge in [0.2, 0.25) is 0 Å². The van der Waals surface area contributed by atoms with Crippen LogP contribution in [-0.4, -0.2) is 26.0 Å². The van der Waals surface area contributed by atoms with E-state index in [9.17, 15) is 4.79 Å². The maximum atomic E-state index is 12.5. The van der Waals surface area contributed by atoms with E-state index in [1.54, 1.807) is 0 Å². The summed E-state index contributed by atoms with van der Waals surface area (Å²) in [7, 11) is 0. The lowest BCUT2D eigenvalue weighted by Gasteiger charge is -2.10. The van der Waals surface area contributed by atoms with Gasteiger partial charge >= 0.3 is 0 Å². The number of benzene rings is 1. The van der Waals surface area contributed by atoms with Crippen molar-refractivity contribution in [2.45, 2.75) is 46.6 Å². The number of nitrogens with one attached hydrogen (secondary N) is 1. The van der Waals surface area contributed by atoms with Crippen LogP contribution in [0.4, 0.5) is 0 Å². The minimum Gasteiger partial charge on any atom is -0.491 e. The Morgan fingerprint density at radius 3 is 2.57 bits per heavy atom. The van der Waals surface area contributed by atoms with E-state index >= 15 is 0 Å². The predicted molar refractivity (Wildman–Crippen MR) is 113 cm³/mol. The van der Waals surface area contributed by atoms with Crippen LogP contribution in [0, 0.1) is 6.92 Å². The van der Waals surface area contributed by atoms with Gasteiger partial charge in [0.05, 0.1) is 17.2 Å². The molecule has 4 rings (SSSR count). The molecule has 0 bridgehead atoms. The highest BCUT2D eigenvalue weighted by Crippen LogP contribution is 2.33. The summed E-state index contributed by atoms with van der Waals surface area (Å²) < 4.78 is 6.30. The Hall–Kier alpha value is -2.80. The number of rotatable bonds is 5. The normalized spacial score (nSPS) is 11.6. The fourth-order valence-corrected chi connectivity index (χ4v) is 4.26. The number of hydrogen-bond acceptors (Lipinski definition) is 6. The van der Waals surface area contributed by atoms with Crippen molar-refractivity contribution in [1.82, 2.24) is 19.9 Å². The van der Waals surface area contributed by atoms with Gasteiger partial charge in [-0.3, -0.25) is 4.79 Å². The van der Waals surface area contributed by atoms with Gasteiger partial charge in [0.25, 0.3) is 5.56 Å². The Morgan fingerprint density at radius 2 is 1.89 bits per heavy atom. The smallest absolute Gasteiger partial charge is 0.268 e. The topological polar surface area (TPSA) is 80.8 Å². The fraction of sp³-hybridized carbons (Fsp3) is 0.333. The first-order valence-corrected chi connectivity index (χ1v) is 10.2. The molecule has 0 unspecified atom stereocenters. The Labute approximate surface area is 166 Å². The van der Waals surface area contributed by atoms with Crippen molar-refractivity contribution in [2.24, 2.45) is 0 Å². The Morgan fingerprint density at radius 1 is 1.14 bits per heavy atom. The second-order valence-corrected chi connectivity index (χ2v) is 8.05. The van der Waals surface area contributed by atoms with Crippen LogP contribution in [0.2, 0.25) is 0 Å². The summed E-state index contributed by atoms with van der Waals surface area (Å²) in [5.41, 5.74) is 2.34. The molecule has 0 fully saturated rings. The minimum absolute atomic E-state index is 0.104. The molecule has 0 atom stereocenters. The van der Waals surface area contributed by atoms with Crippen LogP contribution in [0.1, 0.15) is 38.7 Å². The second-order valence-electron chi connectivity index (χ2n) is 7.05. The molecule has 144 valence electrons. The van der Waals surface area contributed by atoms with Crippen molar-refractivity contribution in [3.05, 3.63) is 46.1 Å². The zero-order valence-corrected chi connectivity index (χ0v) is 17.2. The zero-order chi connectivity index (χ0) is 19.8. The first kappa shape index (κ1) is 18.6. The molecule has 6 nitrogen and oxygen atoms in total.